The van der Waals surface area contributed by atoms with Crippen LogP contribution < -0.4 is 5.73 Å². The lowest BCUT2D eigenvalue weighted by atomic mass is 9.97. The first-order chi connectivity index (χ1) is 8.50. The van der Waals surface area contributed by atoms with Crippen molar-refractivity contribution in [2.45, 2.75) is 32.9 Å². The van der Waals surface area contributed by atoms with E-state index in [0.29, 0.717) is 13.1 Å². The van der Waals surface area contributed by atoms with Gasteiger partial charge in [0.2, 0.25) is 5.91 Å². The molecule has 1 aliphatic rings. The molecule has 98 valence electrons. The summed E-state index contributed by atoms with van der Waals surface area (Å²) in [5.41, 5.74) is 8.23. The van der Waals surface area contributed by atoms with Crippen LogP contribution in [-0.4, -0.2) is 23.4 Å². The van der Waals surface area contributed by atoms with Crippen LogP contribution in [-0.2, 0) is 17.8 Å². The number of halogens is 1. The lowest BCUT2D eigenvalue weighted by Gasteiger charge is -2.32. The summed E-state index contributed by atoms with van der Waals surface area (Å²) in [4.78, 5) is 14.0. The van der Waals surface area contributed by atoms with Gasteiger partial charge in [-0.2, -0.15) is 0 Å². The van der Waals surface area contributed by atoms with E-state index in [4.69, 9.17) is 17.3 Å². The van der Waals surface area contributed by atoms with E-state index in [-0.39, 0.29) is 11.8 Å². The molecule has 1 aromatic carbocycles. The quantitative estimate of drug-likeness (QED) is 0.892. The van der Waals surface area contributed by atoms with Crippen LogP contribution in [0, 0.1) is 5.92 Å². The number of amides is 1. The van der Waals surface area contributed by atoms with Crippen LogP contribution in [0.3, 0.4) is 0 Å². The Morgan fingerprint density at radius 3 is 2.83 bits per heavy atom. The van der Waals surface area contributed by atoms with Crippen molar-refractivity contribution in [2.24, 2.45) is 11.7 Å². The topological polar surface area (TPSA) is 46.3 Å². The van der Waals surface area contributed by atoms with Crippen molar-refractivity contribution in [2.75, 3.05) is 6.54 Å². The Hall–Kier alpha value is -1.06. The van der Waals surface area contributed by atoms with Crippen LogP contribution in [0.1, 0.15) is 25.0 Å². The zero-order chi connectivity index (χ0) is 13.3. The molecule has 1 atom stereocenters. The van der Waals surface area contributed by atoms with Gasteiger partial charge < -0.3 is 10.6 Å². The summed E-state index contributed by atoms with van der Waals surface area (Å²) >= 11 is 6.15. The number of fused-ring (bicyclic) bond motifs is 1. The van der Waals surface area contributed by atoms with Gasteiger partial charge in [-0.25, -0.2) is 0 Å². The Morgan fingerprint density at radius 1 is 1.44 bits per heavy atom. The van der Waals surface area contributed by atoms with Gasteiger partial charge >= 0.3 is 0 Å². The molecule has 0 bridgehead atoms. The molecular weight excluding hydrogens is 248 g/mol. The second kappa shape index (κ2) is 5.29. The monoisotopic (exact) mass is 266 g/mol. The van der Waals surface area contributed by atoms with E-state index in [1.807, 2.05) is 36.9 Å². The van der Waals surface area contributed by atoms with Crippen molar-refractivity contribution >= 4 is 17.5 Å². The molecule has 2 N–H and O–H groups in total. The van der Waals surface area contributed by atoms with Gasteiger partial charge in [0.25, 0.3) is 0 Å². The summed E-state index contributed by atoms with van der Waals surface area (Å²) in [6, 6.07) is 5.45. The fourth-order valence-corrected chi connectivity index (χ4v) is 2.54. The van der Waals surface area contributed by atoms with Crippen molar-refractivity contribution in [1.82, 2.24) is 4.90 Å². The molecule has 1 aromatic rings. The van der Waals surface area contributed by atoms with Gasteiger partial charge in [0.15, 0.2) is 0 Å². The molecule has 0 fully saturated rings. The molecule has 0 aromatic heterocycles. The van der Waals surface area contributed by atoms with Gasteiger partial charge in [-0.3, -0.25) is 4.79 Å². The highest BCUT2D eigenvalue weighted by Crippen LogP contribution is 2.26. The molecule has 1 heterocycles. The molecule has 0 radical (unpaired) electrons. The predicted molar refractivity (Wildman–Crippen MR) is 73.4 cm³/mol. The number of benzene rings is 1. The van der Waals surface area contributed by atoms with Gasteiger partial charge in [0, 0.05) is 18.1 Å². The number of carbonyl (C=O) groups is 1. The minimum Gasteiger partial charge on any atom is -0.337 e. The van der Waals surface area contributed by atoms with Crippen LogP contribution in [0.25, 0.3) is 0 Å². The number of hydrogen-bond acceptors (Lipinski definition) is 2. The summed E-state index contributed by atoms with van der Waals surface area (Å²) in [5, 5.41) is 0.799. The van der Waals surface area contributed by atoms with E-state index in [1.54, 1.807) is 0 Å². The summed E-state index contributed by atoms with van der Waals surface area (Å²) in [6.07, 6.45) is 0.811. The molecule has 0 saturated carbocycles. The third kappa shape index (κ3) is 2.52. The maximum absolute atomic E-state index is 12.2. The highest BCUT2D eigenvalue weighted by molar-refractivity contribution is 6.31. The number of hydrogen-bond donors (Lipinski definition) is 1. The molecule has 1 aliphatic heterocycles. The molecule has 4 heteroatoms. The zero-order valence-corrected chi connectivity index (χ0v) is 11.6. The number of carbonyl (C=O) groups excluding carboxylic acids is 1. The van der Waals surface area contributed by atoms with Gasteiger partial charge in [-0.05, 0) is 29.5 Å². The van der Waals surface area contributed by atoms with Crippen molar-refractivity contribution < 1.29 is 4.79 Å². The molecule has 2 rings (SSSR count). The Labute approximate surface area is 113 Å². The van der Waals surface area contributed by atoms with Crippen LogP contribution >= 0.6 is 11.6 Å². The summed E-state index contributed by atoms with van der Waals surface area (Å²) in [6.45, 7) is 5.26. The molecule has 0 aliphatic carbocycles. The Balaban J connectivity index is 2.15. The SMILES string of the molecule is CC(C)[C@H](N)C(=O)N1CCc2c(Cl)cccc2C1. The van der Waals surface area contributed by atoms with Gasteiger partial charge in [-0.15, -0.1) is 0 Å². The standard InChI is InChI=1S/C14H19ClN2O/c1-9(2)13(16)14(18)17-7-6-11-10(8-17)4-3-5-12(11)15/h3-5,9,13H,6-8,16H2,1-2H3/t13-/m0/s1. The maximum Gasteiger partial charge on any atom is 0.240 e. The molecule has 0 unspecified atom stereocenters. The second-order valence-electron chi connectivity index (χ2n) is 5.16. The first-order valence-electron chi connectivity index (χ1n) is 6.31. The maximum atomic E-state index is 12.2. The highest BCUT2D eigenvalue weighted by Gasteiger charge is 2.27. The minimum absolute atomic E-state index is 0.0376. The fourth-order valence-electron chi connectivity index (χ4n) is 2.25. The minimum atomic E-state index is -0.411. The van der Waals surface area contributed by atoms with Crippen LogP contribution in [0.4, 0.5) is 0 Å². The average Bonchev–Trinajstić information content (AvgIpc) is 2.36. The third-order valence-electron chi connectivity index (χ3n) is 3.52. The smallest absolute Gasteiger partial charge is 0.240 e. The first-order valence-corrected chi connectivity index (χ1v) is 6.69. The summed E-state index contributed by atoms with van der Waals surface area (Å²) in [5.74, 6) is 0.203. The first kappa shape index (κ1) is 13.4. The lowest BCUT2D eigenvalue weighted by molar-refractivity contribution is -0.134. The normalized spacial score (nSPS) is 16.6. The van der Waals surface area contributed by atoms with Crippen LogP contribution in [0.5, 0.6) is 0 Å². The van der Waals surface area contributed by atoms with Crippen molar-refractivity contribution in [1.29, 1.82) is 0 Å². The van der Waals surface area contributed by atoms with Crippen molar-refractivity contribution in [3.63, 3.8) is 0 Å². The largest absolute Gasteiger partial charge is 0.337 e. The van der Waals surface area contributed by atoms with E-state index in [2.05, 4.69) is 0 Å². The highest BCUT2D eigenvalue weighted by atomic mass is 35.5. The average molecular weight is 267 g/mol. The Kier molecular flexibility index (Phi) is 3.93. The van der Waals surface area contributed by atoms with Crippen LogP contribution in [0.2, 0.25) is 5.02 Å². The van der Waals surface area contributed by atoms with E-state index in [9.17, 15) is 4.79 Å². The van der Waals surface area contributed by atoms with Crippen molar-refractivity contribution in [3.8, 4) is 0 Å². The molecule has 1 amide bonds. The van der Waals surface area contributed by atoms with E-state index >= 15 is 0 Å². The third-order valence-corrected chi connectivity index (χ3v) is 3.88. The fraction of sp³-hybridized carbons (Fsp3) is 0.500. The van der Waals surface area contributed by atoms with E-state index in [0.717, 1.165) is 17.0 Å². The predicted octanol–water partition coefficient (Wildman–Crippen LogP) is 2.21. The molecule has 3 nitrogen and oxygen atoms in total. The van der Waals surface area contributed by atoms with Crippen LogP contribution in [0.15, 0.2) is 18.2 Å². The molecule has 0 spiro atoms. The summed E-state index contributed by atoms with van der Waals surface area (Å²) in [7, 11) is 0. The summed E-state index contributed by atoms with van der Waals surface area (Å²) < 4.78 is 0. The van der Waals surface area contributed by atoms with E-state index in [1.165, 1.54) is 5.56 Å². The van der Waals surface area contributed by atoms with Crippen molar-refractivity contribution in [3.05, 3.63) is 34.3 Å². The Morgan fingerprint density at radius 2 is 2.17 bits per heavy atom. The van der Waals surface area contributed by atoms with Gasteiger partial charge in [-0.1, -0.05) is 37.6 Å². The molecular formula is C14H19ClN2O. The number of nitrogens with two attached hydrogens (primary N) is 1. The zero-order valence-electron chi connectivity index (χ0n) is 10.8. The number of rotatable bonds is 2. The molecule has 0 saturated heterocycles. The lowest BCUT2D eigenvalue weighted by Crippen LogP contribution is -2.48. The second-order valence-corrected chi connectivity index (χ2v) is 5.56. The molecule has 18 heavy (non-hydrogen) atoms. The van der Waals surface area contributed by atoms with Gasteiger partial charge in [0.1, 0.15) is 0 Å². The van der Waals surface area contributed by atoms with Gasteiger partial charge in [0.05, 0.1) is 6.04 Å². The number of nitrogens with zero attached hydrogens (tertiary/aromatic N) is 1. The Bertz CT molecular complexity index is 459. The van der Waals surface area contributed by atoms with E-state index < -0.39 is 6.04 Å².